The molecule has 2 heteroatoms. The molecule has 0 aliphatic heterocycles. The molecule has 0 aromatic heterocycles. The van der Waals surface area contributed by atoms with Crippen LogP contribution in [0.25, 0.3) is 0 Å². The third-order valence-electron chi connectivity index (χ3n) is 13.1. The van der Waals surface area contributed by atoms with Gasteiger partial charge in [-0.25, -0.2) is 4.79 Å². The highest BCUT2D eigenvalue weighted by atomic mass is 16.5. The molecule has 0 radical (unpaired) electrons. The van der Waals surface area contributed by atoms with Crippen LogP contribution in [-0.2, 0) is 4.74 Å². The molecule has 0 amide bonds. The van der Waals surface area contributed by atoms with Gasteiger partial charge in [0.15, 0.2) is 0 Å². The molecule has 6 atom stereocenters. The molecule has 0 heterocycles. The number of fused-ring (bicyclic) bond motifs is 6. The number of benzene rings is 1. The summed E-state index contributed by atoms with van der Waals surface area (Å²) in [5.41, 5.74) is 7.30. The minimum atomic E-state index is -0.157. The summed E-state index contributed by atoms with van der Waals surface area (Å²) in [6.07, 6.45) is 15.0. The number of rotatable bonds is 2. The van der Waals surface area contributed by atoms with Crippen molar-refractivity contribution in [2.75, 3.05) is 0 Å². The molecule has 2 nitrogen and oxygen atoms in total. The summed E-state index contributed by atoms with van der Waals surface area (Å²) in [5, 5.41) is 0. The quantitative estimate of drug-likeness (QED) is 0.367. The Morgan fingerprint density at radius 2 is 1.58 bits per heavy atom. The van der Waals surface area contributed by atoms with Gasteiger partial charge in [0.2, 0.25) is 0 Å². The number of ether oxygens (including phenoxy) is 1. The van der Waals surface area contributed by atoms with Crippen molar-refractivity contribution in [2.24, 2.45) is 38.9 Å². The Bertz CT molecular complexity index is 1180. The number of carbonyl (C=O) groups excluding carboxylic acids is 1. The summed E-state index contributed by atoms with van der Waals surface area (Å²) in [6.45, 7) is 17.7. The third kappa shape index (κ3) is 3.67. The monoisotopic (exact) mass is 514 g/mol. The number of hydrogen-bond acceptors (Lipinski definition) is 2. The van der Waals surface area contributed by atoms with Crippen molar-refractivity contribution >= 4 is 5.97 Å². The van der Waals surface area contributed by atoms with Crippen molar-refractivity contribution in [1.29, 1.82) is 0 Å². The fraction of sp³-hybridized carbons (Fsp3) is 0.694. The normalized spacial score (nSPS) is 41.1. The van der Waals surface area contributed by atoms with Crippen molar-refractivity contribution in [3.63, 3.8) is 0 Å². The summed E-state index contributed by atoms with van der Waals surface area (Å²) in [4.78, 5) is 13.0. The first-order valence-electron chi connectivity index (χ1n) is 15.5. The molecule has 0 unspecified atom stereocenters. The van der Waals surface area contributed by atoms with Gasteiger partial charge in [-0.1, -0.05) is 78.3 Å². The zero-order valence-electron chi connectivity index (χ0n) is 25.1. The van der Waals surface area contributed by atoms with Crippen LogP contribution in [0.1, 0.15) is 123 Å². The van der Waals surface area contributed by atoms with Gasteiger partial charge in [0.05, 0.1) is 5.56 Å². The second-order valence-electron chi connectivity index (χ2n) is 15.8. The molecular formula is C36H50O2. The molecule has 0 saturated heterocycles. The van der Waals surface area contributed by atoms with Gasteiger partial charge in [-0.15, -0.1) is 0 Å². The Kier molecular flexibility index (Phi) is 5.96. The van der Waals surface area contributed by atoms with Gasteiger partial charge in [-0.05, 0) is 121 Å². The van der Waals surface area contributed by atoms with Gasteiger partial charge in [0, 0.05) is 5.41 Å². The van der Waals surface area contributed by atoms with Crippen LogP contribution in [0, 0.1) is 38.9 Å². The van der Waals surface area contributed by atoms with Crippen LogP contribution in [0.3, 0.4) is 0 Å². The molecule has 3 fully saturated rings. The number of esters is 1. The first-order valence-corrected chi connectivity index (χ1v) is 15.5. The van der Waals surface area contributed by atoms with Crippen LogP contribution >= 0.6 is 0 Å². The largest absolute Gasteiger partial charge is 0.458 e. The summed E-state index contributed by atoms with van der Waals surface area (Å²) in [7, 11) is 0. The van der Waals surface area contributed by atoms with E-state index in [2.05, 4.69) is 54.5 Å². The fourth-order valence-electron chi connectivity index (χ4n) is 10.8. The standard InChI is InChI=1S/C36H50O2/c1-32(2)19-15-24-16-21-35(6)27(26(24)23-32)13-14-29-34(5)20-18-30(38-31(37)25-11-9-8-10-12-25)33(3,4)28(34)17-22-36(29,35)7/h8-12,15,28-30H,13-14,16-23H2,1-7H3/t28-,29+,30-,34-,35+,36+/m0/s1. The molecule has 0 spiro atoms. The molecule has 38 heavy (non-hydrogen) atoms. The summed E-state index contributed by atoms with van der Waals surface area (Å²) in [6, 6.07) is 9.55. The topological polar surface area (TPSA) is 26.3 Å². The van der Waals surface area contributed by atoms with Crippen molar-refractivity contribution in [2.45, 2.75) is 119 Å². The molecule has 0 bridgehead atoms. The van der Waals surface area contributed by atoms with E-state index in [0.29, 0.717) is 33.1 Å². The van der Waals surface area contributed by atoms with E-state index in [9.17, 15) is 4.79 Å². The van der Waals surface area contributed by atoms with Gasteiger partial charge in [0.1, 0.15) is 6.10 Å². The van der Waals surface area contributed by atoms with E-state index in [0.717, 1.165) is 12.3 Å². The zero-order chi connectivity index (χ0) is 27.1. The van der Waals surface area contributed by atoms with Crippen LogP contribution in [0.5, 0.6) is 0 Å². The van der Waals surface area contributed by atoms with E-state index >= 15 is 0 Å². The lowest BCUT2D eigenvalue weighted by Gasteiger charge is -2.70. The van der Waals surface area contributed by atoms with Crippen molar-refractivity contribution < 1.29 is 9.53 Å². The Morgan fingerprint density at radius 3 is 2.32 bits per heavy atom. The van der Waals surface area contributed by atoms with Gasteiger partial charge in [-0.3, -0.25) is 0 Å². The van der Waals surface area contributed by atoms with Crippen LogP contribution in [0.4, 0.5) is 0 Å². The van der Waals surface area contributed by atoms with Gasteiger partial charge in [-0.2, -0.15) is 0 Å². The summed E-state index contributed by atoms with van der Waals surface area (Å²) >= 11 is 0. The molecule has 1 aromatic rings. The molecule has 206 valence electrons. The molecule has 5 aliphatic carbocycles. The Balaban J connectivity index is 1.30. The van der Waals surface area contributed by atoms with Crippen LogP contribution < -0.4 is 0 Å². The Morgan fingerprint density at radius 1 is 0.842 bits per heavy atom. The van der Waals surface area contributed by atoms with Gasteiger partial charge in [0.25, 0.3) is 0 Å². The maximum Gasteiger partial charge on any atom is 0.338 e. The average molecular weight is 515 g/mol. The Labute approximate surface area is 231 Å². The highest BCUT2D eigenvalue weighted by molar-refractivity contribution is 5.89. The SMILES string of the molecule is CC1(C)CC=C2CC[C@]3(C)C(=C2C1)CC[C@@H]1[C@@]2(C)CC[C@H](OC(=O)c4ccccc4)C(C)(C)[C@@H]2CC[C@]13C. The van der Waals surface area contributed by atoms with Gasteiger partial charge >= 0.3 is 5.97 Å². The lowest BCUT2D eigenvalue weighted by molar-refractivity contribution is -0.202. The maximum atomic E-state index is 13.0. The van der Waals surface area contributed by atoms with Crippen LogP contribution in [-0.4, -0.2) is 12.1 Å². The maximum absolute atomic E-state index is 13.0. The summed E-state index contributed by atoms with van der Waals surface area (Å²) in [5.74, 6) is 1.16. The van der Waals surface area contributed by atoms with E-state index in [1.54, 1.807) is 11.1 Å². The zero-order valence-corrected chi connectivity index (χ0v) is 25.1. The first kappa shape index (κ1) is 26.4. The van der Waals surface area contributed by atoms with E-state index < -0.39 is 0 Å². The van der Waals surface area contributed by atoms with Gasteiger partial charge < -0.3 is 4.74 Å². The first-order chi connectivity index (χ1) is 17.8. The van der Waals surface area contributed by atoms with E-state index in [-0.39, 0.29) is 17.5 Å². The second-order valence-corrected chi connectivity index (χ2v) is 15.8. The highest BCUT2D eigenvalue weighted by Crippen LogP contribution is 2.74. The van der Waals surface area contributed by atoms with E-state index in [4.69, 9.17) is 4.74 Å². The predicted molar refractivity (Wildman–Crippen MR) is 156 cm³/mol. The number of allylic oxidation sites excluding steroid dienone is 4. The van der Waals surface area contributed by atoms with Crippen molar-refractivity contribution in [3.8, 4) is 0 Å². The van der Waals surface area contributed by atoms with Crippen LogP contribution in [0.2, 0.25) is 0 Å². The lowest BCUT2D eigenvalue weighted by Crippen LogP contribution is -2.63. The number of carbonyl (C=O) groups is 1. The molecule has 5 aliphatic rings. The third-order valence-corrected chi connectivity index (χ3v) is 13.1. The minimum Gasteiger partial charge on any atom is -0.458 e. The smallest absolute Gasteiger partial charge is 0.338 e. The molecule has 6 rings (SSSR count). The molecular weight excluding hydrogens is 464 g/mol. The minimum absolute atomic E-state index is 0.0126. The second kappa shape index (κ2) is 8.58. The lowest BCUT2D eigenvalue weighted by atomic mass is 9.35. The average Bonchev–Trinajstić information content (AvgIpc) is 2.86. The molecule has 0 N–H and O–H groups in total. The number of hydrogen-bond donors (Lipinski definition) is 0. The van der Waals surface area contributed by atoms with Crippen molar-refractivity contribution in [3.05, 3.63) is 58.7 Å². The van der Waals surface area contributed by atoms with Crippen LogP contribution in [0.15, 0.2) is 53.1 Å². The predicted octanol–water partition coefficient (Wildman–Crippen LogP) is 9.71. The van der Waals surface area contributed by atoms with E-state index in [1.807, 2.05) is 35.9 Å². The molecule has 3 saturated carbocycles. The summed E-state index contributed by atoms with van der Waals surface area (Å²) < 4.78 is 6.28. The van der Waals surface area contributed by atoms with E-state index in [1.165, 1.54) is 57.8 Å². The Hall–Kier alpha value is -1.83. The fourth-order valence-corrected chi connectivity index (χ4v) is 10.8. The molecule has 1 aromatic carbocycles. The van der Waals surface area contributed by atoms with Crippen molar-refractivity contribution in [1.82, 2.24) is 0 Å². The highest BCUT2D eigenvalue weighted by Gasteiger charge is 2.67.